The number of hydrogen-bond donors (Lipinski definition) is 1. The molecule has 3 aliphatic rings. The molecule has 2 N–H and O–H groups in total. The largest absolute Gasteiger partial charge is 0.493 e. The zero-order valence-electron chi connectivity index (χ0n) is 20.0. The Morgan fingerprint density at radius 2 is 1.94 bits per heavy atom. The minimum atomic E-state index is -0.386. The molecule has 1 saturated carbocycles. The van der Waals surface area contributed by atoms with Crippen LogP contribution in [-0.4, -0.2) is 59.6 Å². The van der Waals surface area contributed by atoms with Crippen molar-refractivity contribution in [3.05, 3.63) is 47.0 Å². The van der Waals surface area contributed by atoms with E-state index in [1.807, 2.05) is 0 Å². The molecule has 1 unspecified atom stereocenters. The number of likely N-dealkylation sites (tertiary alicyclic amines) is 1. The summed E-state index contributed by atoms with van der Waals surface area (Å²) in [4.78, 5) is 25.1. The van der Waals surface area contributed by atoms with E-state index >= 15 is 0 Å². The molecule has 2 aromatic rings. The van der Waals surface area contributed by atoms with E-state index in [1.54, 1.807) is 29.4 Å². The van der Waals surface area contributed by atoms with Gasteiger partial charge in [-0.1, -0.05) is 17.7 Å². The van der Waals surface area contributed by atoms with Gasteiger partial charge in [-0.05, 0) is 56.1 Å². The van der Waals surface area contributed by atoms with Crippen molar-refractivity contribution in [2.75, 3.05) is 37.7 Å². The van der Waals surface area contributed by atoms with Crippen LogP contribution >= 0.6 is 11.6 Å². The SMILES string of the molecule is NC1CCC12CN(C(=O)Cc1ccc(OCCCC3CCN(c4ncc(Cl)cn4)CC3)cc1F)C2. The molecular weight excluding hydrogens is 469 g/mol. The van der Waals surface area contributed by atoms with Gasteiger partial charge in [0.25, 0.3) is 0 Å². The van der Waals surface area contributed by atoms with Crippen LogP contribution in [0.5, 0.6) is 5.75 Å². The van der Waals surface area contributed by atoms with E-state index in [2.05, 4.69) is 14.9 Å². The van der Waals surface area contributed by atoms with Crippen molar-refractivity contribution in [2.24, 2.45) is 17.1 Å². The van der Waals surface area contributed by atoms with Crippen molar-refractivity contribution < 1.29 is 13.9 Å². The number of halogens is 2. The average molecular weight is 502 g/mol. The third-order valence-electron chi connectivity index (χ3n) is 8.00. The summed E-state index contributed by atoms with van der Waals surface area (Å²) in [5, 5.41) is 0.547. The highest BCUT2D eigenvalue weighted by molar-refractivity contribution is 6.30. The predicted octanol–water partition coefficient (Wildman–Crippen LogP) is 3.84. The second-order valence-electron chi connectivity index (χ2n) is 10.3. The lowest BCUT2D eigenvalue weighted by atomic mass is 9.60. The maximum absolute atomic E-state index is 14.6. The van der Waals surface area contributed by atoms with Gasteiger partial charge in [-0.15, -0.1) is 0 Å². The molecule has 2 aliphatic heterocycles. The summed E-state index contributed by atoms with van der Waals surface area (Å²) in [6, 6.07) is 5.03. The van der Waals surface area contributed by atoms with Gasteiger partial charge in [-0.3, -0.25) is 4.79 Å². The highest BCUT2D eigenvalue weighted by Crippen LogP contribution is 2.47. The van der Waals surface area contributed by atoms with Crippen LogP contribution in [0.2, 0.25) is 5.02 Å². The smallest absolute Gasteiger partial charge is 0.227 e. The molecule has 1 aromatic carbocycles. The van der Waals surface area contributed by atoms with E-state index in [0.717, 1.165) is 57.6 Å². The summed E-state index contributed by atoms with van der Waals surface area (Å²) in [6.07, 6.45) is 9.65. The Labute approximate surface area is 210 Å². The number of benzene rings is 1. The van der Waals surface area contributed by atoms with Gasteiger partial charge in [0.15, 0.2) is 0 Å². The second-order valence-corrected chi connectivity index (χ2v) is 10.7. The molecule has 1 aliphatic carbocycles. The summed E-state index contributed by atoms with van der Waals surface area (Å²) in [5.41, 5.74) is 6.62. The fraction of sp³-hybridized carbons (Fsp3) is 0.577. The fourth-order valence-corrected chi connectivity index (χ4v) is 5.59. The molecule has 5 rings (SSSR count). The van der Waals surface area contributed by atoms with E-state index in [9.17, 15) is 9.18 Å². The van der Waals surface area contributed by atoms with Crippen LogP contribution in [0.4, 0.5) is 10.3 Å². The monoisotopic (exact) mass is 501 g/mol. The lowest BCUT2D eigenvalue weighted by Crippen LogP contribution is -2.70. The number of hydrogen-bond acceptors (Lipinski definition) is 6. The maximum Gasteiger partial charge on any atom is 0.227 e. The van der Waals surface area contributed by atoms with Crippen LogP contribution in [0.15, 0.2) is 30.6 Å². The first kappa shape index (κ1) is 24.3. The number of carbonyl (C=O) groups is 1. The summed E-state index contributed by atoms with van der Waals surface area (Å²) < 4.78 is 20.4. The van der Waals surface area contributed by atoms with Gasteiger partial charge >= 0.3 is 0 Å². The molecule has 1 amide bonds. The molecule has 0 bridgehead atoms. The average Bonchev–Trinajstić information content (AvgIpc) is 2.82. The van der Waals surface area contributed by atoms with Crippen LogP contribution in [0.3, 0.4) is 0 Å². The molecule has 1 atom stereocenters. The van der Waals surface area contributed by atoms with Crippen molar-refractivity contribution in [2.45, 2.75) is 51.0 Å². The fourth-order valence-electron chi connectivity index (χ4n) is 5.49. The minimum Gasteiger partial charge on any atom is -0.493 e. The van der Waals surface area contributed by atoms with E-state index in [1.165, 1.54) is 6.07 Å². The Morgan fingerprint density at radius 1 is 1.20 bits per heavy atom. The topological polar surface area (TPSA) is 84.6 Å². The Kier molecular flexibility index (Phi) is 7.12. The number of aromatic nitrogens is 2. The highest BCUT2D eigenvalue weighted by Gasteiger charge is 2.54. The van der Waals surface area contributed by atoms with Crippen molar-refractivity contribution in [3.8, 4) is 5.75 Å². The molecule has 1 spiro atoms. The van der Waals surface area contributed by atoms with E-state index in [0.29, 0.717) is 41.9 Å². The normalized spacial score (nSPS) is 21.5. The number of amides is 1. The Morgan fingerprint density at radius 3 is 2.57 bits per heavy atom. The molecular formula is C26H33ClFN5O2. The maximum atomic E-state index is 14.6. The number of nitrogens with zero attached hydrogens (tertiary/aromatic N) is 4. The third kappa shape index (κ3) is 5.38. The number of rotatable bonds is 8. The Hall–Kier alpha value is -2.45. The van der Waals surface area contributed by atoms with Crippen molar-refractivity contribution >= 4 is 23.5 Å². The van der Waals surface area contributed by atoms with Crippen molar-refractivity contribution in [1.82, 2.24) is 14.9 Å². The van der Waals surface area contributed by atoms with Gasteiger partial charge < -0.3 is 20.3 Å². The van der Waals surface area contributed by atoms with Crippen LogP contribution in [0.25, 0.3) is 0 Å². The minimum absolute atomic E-state index is 0.0315. The predicted molar refractivity (Wildman–Crippen MR) is 133 cm³/mol. The first-order valence-corrected chi connectivity index (χ1v) is 13.0. The first-order chi connectivity index (χ1) is 16.9. The van der Waals surface area contributed by atoms with Gasteiger partial charge in [-0.25, -0.2) is 14.4 Å². The highest BCUT2D eigenvalue weighted by atomic mass is 35.5. The molecule has 7 nitrogen and oxygen atoms in total. The van der Waals surface area contributed by atoms with Gasteiger partial charge in [0.1, 0.15) is 11.6 Å². The summed E-state index contributed by atoms with van der Waals surface area (Å²) in [7, 11) is 0. The molecule has 35 heavy (non-hydrogen) atoms. The number of carbonyl (C=O) groups excluding carboxylic acids is 1. The van der Waals surface area contributed by atoms with Gasteiger partial charge in [-0.2, -0.15) is 0 Å². The third-order valence-corrected chi connectivity index (χ3v) is 8.19. The Bertz CT molecular complexity index is 1040. The lowest BCUT2D eigenvalue weighted by Gasteiger charge is -2.59. The zero-order chi connectivity index (χ0) is 24.4. The lowest BCUT2D eigenvalue weighted by molar-refractivity contribution is -0.151. The van der Waals surface area contributed by atoms with E-state index in [-0.39, 0.29) is 29.6 Å². The van der Waals surface area contributed by atoms with Crippen LogP contribution in [0, 0.1) is 17.2 Å². The molecule has 3 heterocycles. The molecule has 188 valence electrons. The van der Waals surface area contributed by atoms with Crippen LogP contribution < -0.4 is 15.4 Å². The van der Waals surface area contributed by atoms with E-state index in [4.69, 9.17) is 22.1 Å². The summed E-state index contributed by atoms with van der Waals surface area (Å²) >= 11 is 5.87. The van der Waals surface area contributed by atoms with Gasteiger partial charge in [0.05, 0.1) is 30.4 Å². The standard InChI is InChI=1S/C26H33ClFN5O2/c27-20-14-30-25(31-15-20)32-9-6-18(7-10-32)2-1-11-35-21-4-3-19(22(28)13-21)12-24(34)33-16-26(17-33)8-5-23(26)29/h3-4,13-15,18,23H,1-2,5-12,16-17,29H2. The van der Waals surface area contributed by atoms with Gasteiger partial charge in [0.2, 0.25) is 11.9 Å². The van der Waals surface area contributed by atoms with Crippen LogP contribution in [0.1, 0.15) is 44.1 Å². The molecule has 1 aromatic heterocycles. The number of nitrogens with two attached hydrogens (primary N) is 1. The molecule has 2 saturated heterocycles. The summed E-state index contributed by atoms with van der Waals surface area (Å²) in [6.45, 7) is 3.84. The molecule has 0 radical (unpaired) electrons. The van der Waals surface area contributed by atoms with Crippen molar-refractivity contribution in [1.29, 1.82) is 0 Å². The molecule has 3 fully saturated rings. The van der Waals surface area contributed by atoms with Gasteiger partial charge in [0, 0.05) is 43.7 Å². The van der Waals surface area contributed by atoms with Crippen LogP contribution in [-0.2, 0) is 11.2 Å². The quantitative estimate of drug-likeness (QED) is 0.553. The van der Waals surface area contributed by atoms with Crippen molar-refractivity contribution in [3.63, 3.8) is 0 Å². The second kappa shape index (κ2) is 10.3. The summed E-state index contributed by atoms with van der Waals surface area (Å²) in [5.74, 6) is 1.47. The zero-order valence-corrected chi connectivity index (χ0v) is 20.7. The number of ether oxygens (including phenoxy) is 1. The number of anilines is 1. The van der Waals surface area contributed by atoms with E-state index < -0.39 is 0 Å². The Balaban J connectivity index is 1.00. The first-order valence-electron chi connectivity index (χ1n) is 12.6. The number of piperidine rings is 1. The molecule has 9 heteroatoms.